The summed E-state index contributed by atoms with van der Waals surface area (Å²) in [5.41, 5.74) is 4.33. The number of anilines is 1. The molecule has 1 aliphatic heterocycles. The van der Waals surface area contributed by atoms with Gasteiger partial charge in [-0.25, -0.2) is 0 Å². The number of nitrogens with one attached hydrogen (secondary N) is 2. The summed E-state index contributed by atoms with van der Waals surface area (Å²) >= 11 is 0. The lowest BCUT2D eigenvalue weighted by atomic mass is 9.73. The second-order valence-electron chi connectivity index (χ2n) is 8.27. The predicted molar refractivity (Wildman–Crippen MR) is 126 cm³/mol. The first kappa shape index (κ1) is 23.1. The number of carbonyl (C=O) groups excluding carboxylic acids is 1. The second kappa shape index (κ2) is 11.2. The van der Waals surface area contributed by atoms with Crippen LogP contribution in [0.1, 0.15) is 73.5 Å². The molecule has 5 heteroatoms. The van der Waals surface area contributed by atoms with Gasteiger partial charge in [0, 0.05) is 24.9 Å². The first-order chi connectivity index (χ1) is 15.1. The Hall–Kier alpha value is -2.53. The van der Waals surface area contributed by atoms with Crippen LogP contribution in [0.3, 0.4) is 0 Å². The van der Waals surface area contributed by atoms with Crippen LogP contribution in [-0.2, 0) is 4.74 Å². The monoisotopic (exact) mass is 424 g/mol. The summed E-state index contributed by atoms with van der Waals surface area (Å²) in [5.74, 6) is 1.67. The minimum Gasteiger partial charge on any atom is -0.494 e. The van der Waals surface area contributed by atoms with Crippen molar-refractivity contribution >= 4 is 11.6 Å². The summed E-state index contributed by atoms with van der Waals surface area (Å²) in [4.78, 5) is 12.5. The summed E-state index contributed by atoms with van der Waals surface area (Å²) in [7, 11) is 1.63. The molecule has 1 amide bonds. The maximum absolute atomic E-state index is 12.5. The van der Waals surface area contributed by atoms with Gasteiger partial charge in [-0.2, -0.15) is 0 Å². The molecule has 2 N–H and O–H groups in total. The molecule has 2 aromatic rings. The SMILES string of the molecule is CCCCC1C(c2ccc(OCC)cc2)Nc2ccc(C(=O)NCCOC)cc2[C@H]1C. The Labute approximate surface area is 186 Å². The molecular formula is C26H36N2O3. The molecule has 5 nitrogen and oxygen atoms in total. The van der Waals surface area contributed by atoms with Crippen LogP contribution >= 0.6 is 0 Å². The molecule has 0 fully saturated rings. The molecule has 0 radical (unpaired) electrons. The average Bonchev–Trinajstić information content (AvgIpc) is 2.79. The Balaban J connectivity index is 1.86. The summed E-state index contributed by atoms with van der Waals surface area (Å²) < 4.78 is 10.7. The minimum atomic E-state index is -0.0502. The van der Waals surface area contributed by atoms with Gasteiger partial charge in [0.05, 0.1) is 19.3 Å². The fourth-order valence-electron chi connectivity index (χ4n) is 4.50. The van der Waals surface area contributed by atoms with Crippen molar-refractivity contribution in [2.45, 2.75) is 52.0 Å². The number of methoxy groups -OCH3 is 1. The van der Waals surface area contributed by atoms with Crippen LogP contribution in [0.2, 0.25) is 0 Å². The van der Waals surface area contributed by atoms with Crippen LogP contribution in [0.4, 0.5) is 5.69 Å². The highest BCUT2D eigenvalue weighted by molar-refractivity contribution is 5.95. The van der Waals surface area contributed by atoms with Crippen molar-refractivity contribution in [2.75, 3.05) is 32.2 Å². The number of carbonyl (C=O) groups is 1. The topological polar surface area (TPSA) is 59.6 Å². The van der Waals surface area contributed by atoms with Gasteiger partial charge >= 0.3 is 0 Å². The smallest absolute Gasteiger partial charge is 0.251 e. The van der Waals surface area contributed by atoms with Gasteiger partial charge in [-0.15, -0.1) is 0 Å². The van der Waals surface area contributed by atoms with E-state index < -0.39 is 0 Å². The molecule has 2 aromatic carbocycles. The normalized spacial score (nSPS) is 19.9. The van der Waals surface area contributed by atoms with Gasteiger partial charge in [0.25, 0.3) is 5.91 Å². The molecule has 31 heavy (non-hydrogen) atoms. The largest absolute Gasteiger partial charge is 0.494 e. The third-order valence-electron chi connectivity index (χ3n) is 6.22. The van der Waals surface area contributed by atoms with Crippen molar-refractivity contribution in [1.29, 1.82) is 0 Å². The van der Waals surface area contributed by atoms with Gasteiger partial charge in [0.2, 0.25) is 0 Å². The molecular weight excluding hydrogens is 388 g/mol. The number of ether oxygens (including phenoxy) is 2. The Bertz CT molecular complexity index is 850. The van der Waals surface area contributed by atoms with Crippen LogP contribution in [-0.4, -0.2) is 32.8 Å². The van der Waals surface area contributed by atoms with E-state index in [0.29, 0.717) is 37.2 Å². The van der Waals surface area contributed by atoms with Crippen molar-refractivity contribution in [1.82, 2.24) is 5.32 Å². The third kappa shape index (κ3) is 5.59. The first-order valence-corrected chi connectivity index (χ1v) is 11.5. The van der Waals surface area contributed by atoms with Crippen LogP contribution in [0, 0.1) is 5.92 Å². The van der Waals surface area contributed by atoms with Crippen molar-refractivity contribution in [3.05, 3.63) is 59.2 Å². The number of hydrogen-bond donors (Lipinski definition) is 2. The lowest BCUT2D eigenvalue weighted by molar-refractivity contribution is 0.0937. The summed E-state index contributed by atoms with van der Waals surface area (Å²) in [6.07, 6.45) is 3.51. The molecule has 0 saturated heterocycles. The zero-order valence-electron chi connectivity index (χ0n) is 19.2. The Morgan fingerprint density at radius 2 is 1.90 bits per heavy atom. The maximum Gasteiger partial charge on any atom is 0.251 e. The molecule has 3 atom stereocenters. The molecule has 168 valence electrons. The molecule has 0 spiro atoms. The van der Waals surface area contributed by atoms with Gasteiger partial charge in [0.1, 0.15) is 5.75 Å². The van der Waals surface area contributed by atoms with E-state index in [4.69, 9.17) is 9.47 Å². The highest BCUT2D eigenvalue weighted by atomic mass is 16.5. The van der Waals surface area contributed by atoms with Gasteiger partial charge in [-0.05, 0) is 66.6 Å². The highest BCUT2D eigenvalue weighted by Gasteiger charge is 2.34. The molecule has 0 aromatic heterocycles. The number of benzene rings is 2. The molecule has 1 aliphatic rings. The Kier molecular flexibility index (Phi) is 8.35. The molecule has 0 saturated carbocycles. The summed E-state index contributed by atoms with van der Waals surface area (Å²) in [5, 5.41) is 6.70. The van der Waals surface area contributed by atoms with Crippen LogP contribution in [0.5, 0.6) is 5.75 Å². The average molecular weight is 425 g/mol. The number of rotatable bonds is 10. The zero-order valence-corrected chi connectivity index (χ0v) is 19.2. The quantitative estimate of drug-likeness (QED) is 0.492. The lowest BCUT2D eigenvalue weighted by Crippen LogP contribution is -2.31. The third-order valence-corrected chi connectivity index (χ3v) is 6.22. The number of fused-ring (bicyclic) bond motifs is 1. The fourth-order valence-corrected chi connectivity index (χ4v) is 4.50. The van der Waals surface area contributed by atoms with Crippen molar-refractivity contribution in [3.8, 4) is 5.75 Å². The van der Waals surface area contributed by atoms with Crippen LogP contribution in [0.15, 0.2) is 42.5 Å². The summed E-state index contributed by atoms with van der Waals surface area (Å²) in [6, 6.07) is 14.7. The standard InChI is InChI=1S/C26H36N2O3/c1-5-7-8-22-18(3)23-17-20(26(29)27-15-16-30-4)11-14-24(23)28-25(22)19-9-12-21(13-10-19)31-6-2/h9-14,17-18,22,25,28H,5-8,15-16H2,1-4H3,(H,27,29)/t18-,22?,25?/m0/s1. The van der Waals surface area contributed by atoms with Crippen molar-refractivity contribution < 1.29 is 14.3 Å². The van der Waals surface area contributed by atoms with Gasteiger partial charge in [0.15, 0.2) is 0 Å². The van der Waals surface area contributed by atoms with E-state index in [0.717, 1.165) is 17.9 Å². The van der Waals surface area contributed by atoms with Crippen LogP contribution < -0.4 is 15.4 Å². The lowest BCUT2D eigenvalue weighted by Gasteiger charge is -2.40. The Morgan fingerprint density at radius 3 is 2.58 bits per heavy atom. The number of unbranched alkanes of at least 4 members (excludes halogenated alkanes) is 1. The van der Waals surface area contributed by atoms with Crippen molar-refractivity contribution in [2.24, 2.45) is 5.92 Å². The van der Waals surface area contributed by atoms with Gasteiger partial charge in [-0.1, -0.05) is 38.8 Å². The van der Waals surface area contributed by atoms with E-state index in [9.17, 15) is 4.79 Å². The highest BCUT2D eigenvalue weighted by Crippen LogP contribution is 2.47. The van der Waals surface area contributed by atoms with E-state index in [1.54, 1.807) is 7.11 Å². The predicted octanol–water partition coefficient (Wildman–Crippen LogP) is 5.54. The van der Waals surface area contributed by atoms with Gasteiger partial charge in [-0.3, -0.25) is 4.79 Å². The second-order valence-corrected chi connectivity index (χ2v) is 8.27. The Morgan fingerprint density at radius 1 is 1.13 bits per heavy atom. The number of hydrogen-bond acceptors (Lipinski definition) is 4. The number of amides is 1. The van der Waals surface area contributed by atoms with Gasteiger partial charge < -0.3 is 20.1 Å². The van der Waals surface area contributed by atoms with E-state index in [2.05, 4.69) is 60.9 Å². The molecule has 1 heterocycles. The van der Waals surface area contributed by atoms with Crippen molar-refractivity contribution in [3.63, 3.8) is 0 Å². The minimum absolute atomic E-state index is 0.0502. The van der Waals surface area contributed by atoms with E-state index in [1.165, 1.54) is 24.0 Å². The zero-order chi connectivity index (χ0) is 22.2. The molecule has 0 aliphatic carbocycles. The molecule has 2 unspecified atom stereocenters. The van der Waals surface area contributed by atoms with E-state index in [1.807, 2.05) is 13.0 Å². The first-order valence-electron chi connectivity index (χ1n) is 11.5. The summed E-state index contributed by atoms with van der Waals surface area (Å²) in [6.45, 7) is 8.24. The molecule has 3 rings (SSSR count). The maximum atomic E-state index is 12.5. The van der Waals surface area contributed by atoms with E-state index in [-0.39, 0.29) is 11.9 Å². The van der Waals surface area contributed by atoms with E-state index >= 15 is 0 Å². The molecule has 0 bridgehead atoms. The van der Waals surface area contributed by atoms with Crippen LogP contribution in [0.25, 0.3) is 0 Å². The fraction of sp³-hybridized carbons (Fsp3) is 0.500.